The Morgan fingerprint density at radius 1 is 1.39 bits per heavy atom. The summed E-state index contributed by atoms with van der Waals surface area (Å²) >= 11 is 1.97. The van der Waals surface area contributed by atoms with Crippen molar-refractivity contribution in [3.63, 3.8) is 0 Å². The van der Waals surface area contributed by atoms with Crippen molar-refractivity contribution in [1.29, 1.82) is 0 Å². The van der Waals surface area contributed by atoms with Gasteiger partial charge in [-0.05, 0) is 6.07 Å². The van der Waals surface area contributed by atoms with Gasteiger partial charge < -0.3 is 10.3 Å². The van der Waals surface area contributed by atoms with Crippen molar-refractivity contribution in [2.24, 2.45) is 0 Å². The number of nitrogens with zero attached hydrogens (tertiary/aromatic N) is 1. The van der Waals surface area contributed by atoms with Gasteiger partial charge in [0.1, 0.15) is 0 Å². The van der Waals surface area contributed by atoms with E-state index in [9.17, 15) is 9.59 Å². The normalized spacial score (nSPS) is 16.4. The van der Waals surface area contributed by atoms with Crippen LogP contribution in [0.15, 0.2) is 23.1 Å². The lowest BCUT2D eigenvalue weighted by Crippen LogP contribution is -2.39. The van der Waals surface area contributed by atoms with E-state index in [1.807, 2.05) is 11.8 Å². The Bertz CT molecular complexity index is 434. The molecule has 0 spiro atoms. The van der Waals surface area contributed by atoms with Crippen LogP contribution in [0.4, 0.5) is 0 Å². The van der Waals surface area contributed by atoms with Crippen LogP contribution in [0.25, 0.3) is 0 Å². The molecule has 2 heterocycles. The van der Waals surface area contributed by atoms with Crippen LogP contribution in [0.1, 0.15) is 10.4 Å². The summed E-state index contributed by atoms with van der Waals surface area (Å²) in [6.07, 6.45) is 1.44. The minimum Gasteiger partial charge on any atom is -0.351 e. The first kappa shape index (κ1) is 13.2. The molecular formula is C12H17N3O2S. The van der Waals surface area contributed by atoms with Gasteiger partial charge in [0.25, 0.3) is 5.91 Å². The van der Waals surface area contributed by atoms with E-state index in [1.54, 1.807) is 0 Å². The second-order valence-electron chi connectivity index (χ2n) is 4.15. The summed E-state index contributed by atoms with van der Waals surface area (Å²) in [6.45, 7) is 3.72. The molecule has 1 aromatic rings. The number of nitrogens with one attached hydrogen (secondary N) is 2. The van der Waals surface area contributed by atoms with Crippen molar-refractivity contribution in [3.05, 3.63) is 34.2 Å². The average molecular weight is 267 g/mol. The van der Waals surface area contributed by atoms with Crippen LogP contribution < -0.4 is 10.9 Å². The molecular weight excluding hydrogens is 250 g/mol. The number of carbonyl (C=O) groups is 1. The maximum atomic E-state index is 11.7. The zero-order valence-electron chi connectivity index (χ0n) is 10.1. The molecule has 1 aliphatic heterocycles. The lowest BCUT2D eigenvalue weighted by atomic mass is 10.2. The second-order valence-corrected chi connectivity index (χ2v) is 5.38. The second kappa shape index (κ2) is 6.61. The summed E-state index contributed by atoms with van der Waals surface area (Å²) in [7, 11) is 0. The Labute approximate surface area is 110 Å². The molecule has 0 saturated carbocycles. The van der Waals surface area contributed by atoms with E-state index >= 15 is 0 Å². The molecule has 0 aromatic carbocycles. The smallest absolute Gasteiger partial charge is 0.252 e. The Kier molecular flexibility index (Phi) is 4.83. The summed E-state index contributed by atoms with van der Waals surface area (Å²) < 4.78 is 0. The molecule has 2 rings (SSSR count). The fourth-order valence-corrected chi connectivity index (χ4v) is 2.78. The summed E-state index contributed by atoms with van der Waals surface area (Å²) in [5, 5.41) is 2.86. The predicted octanol–water partition coefficient (Wildman–Crippen LogP) is 0.154. The van der Waals surface area contributed by atoms with Crippen molar-refractivity contribution in [3.8, 4) is 0 Å². The zero-order chi connectivity index (χ0) is 12.8. The number of carbonyl (C=O) groups excluding carboxylic acids is 1. The van der Waals surface area contributed by atoms with Crippen LogP contribution in [0.2, 0.25) is 0 Å². The third-order valence-electron chi connectivity index (χ3n) is 2.86. The van der Waals surface area contributed by atoms with E-state index in [4.69, 9.17) is 0 Å². The van der Waals surface area contributed by atoms with Gasteiger partial charge in [0.05, 0.1) is 5.56 Å². The minimum absolute atomic E-state index is 0.141. The number of hydrogen-bond donors (Lipinski definition) is 2. The van der Waals surface area contributed by atoms with Gasteiger partial charge in [-0.3, -0.25) is 14.5 Å². The van der Waals surface area contributed by atoms with Crippen LogP contribution in [0.3, 0.4) is 0 Å². The maximum Gasteiger partial charge on any atom is 0.252 e. The number of aromatic amines is 1. The summed E-state index contributed by atoms with van der Waals surface area (Å²) in [5.41, 5.74) is 0.293. The van der Waals surface area contributed by atoms with Gasteiger partial charge in [-0.15, -0.1) is 0 Å². The summed E-state index contributed by atoms with van der Waals surface area (Å²) in [6, 6.07) is 2.89. The first-order valence-corrected chi connectivity index (χ1v) is 7.18. The SMILES string of the molecule is O=C(NCCN1CCSCC1)c1ccc(=O)[nH]c1. The van der Waals surface area contributed by atoms with Gasteiger partial charge in [0.15, 0.2) is 0 Å². The van der Waals surface area contributed by atoms with Crippen LogP contribution >= 0.6 is 11.8 Å². The molecule has 0 atom stereocenters. The molecule has 6 heteroatoms. The number of H-pyrrole nitrogens is 1. The van der Waals surface area contributed by atoms with Gasteiger partial charge in [0.2, 0.25) is 5.56 Å². The molecule has 98 valence electrons. The Balaban J connectivity index is 1.74. The largest absolute Gasteiger partial charge is 0.351 e. The van der Waals surface area contributed by atoms with Crippen molar-refractivity contribution in [1.82, 2.24) is 15.2 Å². The molecule has 0 unspecified atom stereocenters. The van der Waals surface area contributed by atoms with Crippen LogP contribution in [0, 0.1) is 0 Å². The lowest BCUT2D eigenvalue weighted by Gasteiger charge is -2.25. The zero-order valence-corrected chi connectivity index (χ0v) is 11.0. The van der Waals surface area contributed by atoms with Crippen LogP contribution in [0.5, 0.6) is 0 Å². The van der Waals surface area contributed by atoms with E-state index in [0.29, 0.717) is 12.1 Å². The average Bonchev–Trinajstić information content (AvgIpc) is 2.40. The van der Waals surface area contributed by atoms with Crippen LogP contribution in [-0.2, 0) is 0 Å². The Morgan fingerprint density at radius 3 is 2.83 bits per heavy atom. The van der Waals surface area contributed by atoms with E-state index < -0.39 is 0 Å². The molecule has 1 aromatic heterocycles. The molecule has 1 amide bonds. The highest BCUT2D eigenvalue weighted by Gasteiger charge is 2.10. The molecule has 1 fully saturated rings. The molecule has 0 radical (unpaired) electrons. The number of thioether (sulfide) groups is 1. The minimum atomic E-state index is -0.197. The number of aromatic nitrogens is 1. The summed E-state index contributed by atoms with van der Waals surface area (Å²) in [4.78, 5) is 27.5. The number of rotatable bonds is 4. The highest BCUT2D eigenvalue weighted by atomic mass is 32.2. The molecule has 0 aliphatic carbocycles. The first-order chi connectivity index (χ1) is 8.75. The standard InChI is InChI=1S/C12H17N3O2S/c16-11-2-1-10(9-14-11)12(17)13-3-4-15-5-7-18-8-6-15/h1-2,9H,3-8H2,(H,13,17)(H,14,16). The molecule has 1 saturated heterocycles. The van der Waals surface area contributed by atoms with Crippen molar-refractivity contribution >= 4 is 17.7 Å². The molecule has 2 N–H and O–H groups in total. The van der Waals surface area contributed by atoms with Gasteiger partial charge >= 0.3 is 0 Å². The molecule has 18 heavy (non-hydrogen) atoms. The number of hydrogen-bond acceptors (Lipinski definition) is 4. The fourth-order valence-electron chi connectivity index (χ4n) is 1.81. The van der Waals surface area contributed by atoms with Crippen molar-refractivity contribution in [2.75, 3.05) is 37.7 Å². The quantitative estimate of drug-likeness (QED) is 0.815. The van der Waals surface area contributed by atoms with E-state index in [0.717, 1.165) is 19.6 Å². The highest BCUT2D eigenvalue weighted by Crippen LogP contribution is 2.07. The highest BCUT2D eigenvalue weighted by molar-refractivity contribution is 7.99. The molecule has 5 nitrogen and oxygen atoms in total. The van der Waals surface area contributed by atoms with E-state index in [-0.39, 0.29) is 11.5 Å². The number of amides is 1. The number of pyridine rings is 1. The van der Waals surface area contributed by atoms with Crippen molar-refractivity contribution < 1.29 is 4.79 Å². The monoisotopic (exact) mass is 267 g/mol. The third-order valence-corrected chi connectivity index (χ3v) is 3.81. The van der Waals surface area contributed by atoms with Crippen molar-refractivity contribution in [2.45, 2.75) is 0 Å². The third kappa shape index (κ3) is 3.89. The van der Waals surface area contributed by atoms with E-state index in [2.05, 4.69) is 15.2 Å². The molecule has 0 bridgehead atoms. The topological polar surface area (TPSA) is 65.2 Å². The predicted molar refractivity (Wildman–Crippen MR) is 73.2 cm³/mol. The summed E-state index contributed by atoms with van der Waals surface area (Å²) in [5.74, 6) is 2.21. The lowest BCUT2D eigenvalue weighted by molar-refractivity contribution is 0.0948. The van der Waals surface area contributed by atoms with Gasteiger partial charge in [-0.1, -0.05) is 0 Å². The Hall–Kier alpha value is -1.27. The Morgan fingerprint density at radius 2 is 2.17 bits per heavy atom. The van der Waals surface area contributed by atoms with Crippen LogP contribution in [-0.4, -0.2) is 53.5 Å². The maximum absolute atomic E-state index is 11.7. The molecule has 1 aliphatic rings. The van der Waals surface area contributed by atoms with Gasteiger partial charge in [-0.2, -0.15) is 11.8 Å². The van der Waals surface area contributed by atoms with E-state index in [1.165, 1.54) is 29.8 Å². The fraction of sp³-hybridized carbons (Fsp3) is 0.500. The first-order valence-electron chi connectivity index (χ1n) is 6.03. The van der Waals surface area contributed by atoms with Gasteiger partial charge in [0, 0.05) is 49.9 Å². The van der Waals surface area contributed by atoms with Gasteiger partial charge in [-0.25, -0.2) is 0 Å².